The summed E-state index contributed by atoms with van der Waals surface area (Å²) in [7, 11) is 0. The molecule has 0 aliphatic heterocycles. The topological polar surface area (TPSA) is 114 Å². The summed E-state index contributed by atoms with van der Waals surface area (Å²) in [6, 6.07) is 2.97. The number of pyridine rings is 1. The van der Waals surface area contributed by atoms with E-state index in [0.29, 0.717) is 11.6 Å². The number of nitrogens with zero attached hydrogens (tertiary/aromatic N) is 3. The van der Waals surface area contributed by atoms with Crippen molar-refractivity contribution in [3.63, 3.8) is 0 Å². The van der Waals surface area contributed by atoms with Crippen LogP contribution in [0.4, 0.5) is 11.5 Å². The van der Waals surface area contributed by atoms with Gasteiger partial charge in [-0.3, -0.25) is 29.0 Å². The predicted molar refractivity (Wildman–Crippen MR) is 106 cm³/mol. The second kappa shape index (κ2) is 8.39. The Hall–Kier alpha value is -2.61. The van der Waals surface area contributed by atoms with Crippen molar-refractivity contribution in [2.45, 2.75) is 34.2 Å². The summed E-state index contributed by atoms with van der Waals surface area (Å²) in [6.45, 7) is 8.18. The number of carbonyl (C=O) groups excluding carboxylic acids is 1. The Morgan fingerprint density at radius 3 is 2.52 bits per heavy atom. The SMILES string of the molecule is CC(C)CN(C(=O)c1cc(Cl)ccn1)c1c(N)n(CC(C)C)c(=O)[nH]c1=O. The van der Waals surface area contributed by atoms with Gasteiger partial charge in [-0.2, -0.15) is 0 Å². The van der Waals surface area contributed by atoms with Gasteiger partial charge in [0.25, 0.3) is 11.5 Å². The lowest BCUT2D eigenvalue weighted by atomic mass is 10.1. The zero-order valence-electron chi connectivity index (χ0n) is 15.8. The van der Waals surface area contributed by atoms with E-state index in [4.69, 9.17) is 17.3 Å². The predicted octanol–water partition coefficient (Wildman–Crippen LogP) is 2.13. The zero-order chi connectivity index (χ0) is 20.3. The number of nitrogens with one attached hydrogen (secondary N) is 1. The van der Waals surface area contributed by atoms with Crippen LogP contribution in [0.1, 0.15) is 38.2 Å². The van der Waals surface area contributed by atoms with Gasteiger partial charge >= 0.3 is 5.69 Å². The van der Waals surface area contributed by atoms with Crippen molar-refractivity contribution < 1.29 is 4.79 Å². The standard InChI is InChI=1S/C18H24ClN5O3/c1-10(2)8-23(17(26)13-7-12(19)5-6-21-13)14-15(20)24(9-11(3)4)18(27)22-16(14)25/h5-7,10-11H,8-9,20H2,1-4H3,(H,22,25,27). The Bertz CT molecular complexity index is 949. The molecule has 0 radical (unpaired) electrons. The lowest BCUT2D eigenvalue weighted by Gasteiger charge is -2.26. The molecule has 2 rings (SSSR count). The number of halogens is 1. The van der Waals surface area contributed by atoms with Crippen LogP contribution in [0.3, 0.4) is 0 Å². The second-order valence-electron chi connectivity index (χ2n) is 7.17. The number of nitrogens with two attached hydrogens (primary N) is 1. The van der Waals surface area contributed by atoms with Crippen LogP contribution in [0, 0.1) is 11.8 Å². The molecule has 0 saturated heterocycles. The average Bonchev–Trinajstić information content (AvgIpc) is 2.56. The molecule has 0 aromatic carbocycles. The number of anilines is 2. The minimum atomic E-state index is -0.714. The van der Waals surface area contributed by atoms with E-state index in [1.54, 1.807) is 6.07 Å². The highest BCUT2D eigenvalue weighted by Gasteiger charge is 2.27. The molecule has 9 heteroatoms. The Morgan fingerprint density at radius 1 is 1.30 bits per heavy atom. The molecule has 8 nitrogen and oxygen atoms in total. The fraction of sp³-hybridized carbons (Fsp3) is 0.444. The minimum Gasteiger partial charge on any atom is -0.383 e. The third kappa shape index (κ3) is 4.77. The van der Waals surface area contributed by atoms with Gasteiger partial charge in [0, 0.05) is 24.3 Å². The van der Waals surface area contributed by atoms with E-state index in [0.717, 1.165) is 0 Å². The summed E-state index contributed by atoms with van der Waals surface area (Å²) in [6.07, 6.45) is 1.41. The molecule has 146 valence electrons. The smallest absolute Gasteiger partial charge is 0.330 e. The van der Waals surface area contributed by atoms with Crippen LogP contribution in [0.2, 0.25) is 5.02 Å². The molecule has 1 amide bonds. The lowest BCUT2D eigenvalue weighted by Crippen LogP contribution is -2.43. The first-order chi connectivity index (χ1) is 12.6. The molecular weight excluding hydrogens is 370 g/mol. The van der Waals surface area contributed by atoms with Crippen molar-refractivity contribution in [3.05, 3.63) is 49.9 Å². The van der Waals surface area contributed by atoms with Gasteiger partial charge in [0.15, 0.2) is 5.69 Å². The fourth-order valence-electron chi connectivity index (χ4n) is 2.69. The van der Waals surface area contributed by atoms with Crippen LogP contribution < -0.4 is 21.9 Å². The molecule has 27 heavy (non-hydrogen) atoms. The number of hydrogen-bond donors (Lipinski definition) is 2. The summed E-state index contributed by atoms with van der Waals surface area (Å²) in [5.74, 6) is -0.406. The van der Waals surface area contributed by atoms with E-state index in [1.807, 2.05) is 27.7 Å². The molecule has 0 saturated carbocycles. The summed E-state index contributed by atoms with van der Waals surface area (Å²) in [5.41, 5.74) is 4.87. The first kappa shape index (κ1) is 20.7. The highest BCUT2D eigenvalue weighted by atomic mass is 35.5. The van der Waals surface area contributed by atoms with Crippen LogP contribution in [0.5, 0.6) is 0 Å². The molecule has 0 aliphatic carbocycles. The number of aromatic nitrogens is 3. The highest BCUT2D eigenvalue weighted by molar-refractivity contribution is 6.31. The largest absolute Gasteiger partial charge is 0.383 e. The summed E-state index contributed by atoms with van der Waals surface area (Å²) in [5, 5.41) is 0.351. The molecule has 2 aromatic heterocycles. The number of amides is 1. The summed E-state index contributed by atoms with van der Waals surface area (Å²) in [4.78, 5) is 45.3. The van der Waals surface area contributed by atoms with Crippen molar-refractivity contribution in [1.29, 1.82) is 0 Å². The van der Waals surface area contributed by atoms with Crippen LogP contribution in [0.25, 0.3) is 0 Å². The van der Waals surface area contributed by atoms with E-state index < -0.39 is 17.2 Å². The van der Waals surface area contributed by atoms with Crippen LogP contribution in [-0.4, -0.2) is 27.0 Å². The van der Waals surface area contributed by atoms with Gasteiger partial charge in [-0.25, -0.2) is 4.79 Å². The van der Waals surface area contributed by atoms with Crippen molar-refractivity contribution in [2.24, 2.45) is 11.8 Å². The maximum atomic E-state index is 13.1. The van der Waals surface area contributed by atoms with E-state index in [2.05, 4.69) is 9.97 Å². The van der Waals surface area contributed by atoms with Gasteiger partial charge < -0.3 is 5.73 Å². The molecule has 0 spiro atoms. The highest BCUT2D eigenvalue weighted by Crippen LogP contribution is 2.21. The van der Waals surface area contributed by atoms with Crippen molar-refractivity contribution in [1.82, 2.24) is 14.5 Å². The second-order valence-corrected chi connectivity index (χ2v) is 7.60. The van der Waals surface area contributed by atoms with Crippen LogP contribution in [-0.2, 0) is 6.54 Å². The molecule has 3 N–H and O–H groups in total. The molecule has 2 aromatic rings. The lowest BCUT2D eigenvalue weighted by molar-refractivity contribution is 0.0978. The van der Waals surface area contributed by atoms with Gasteiger partial charge in [0.2, 0.25) is 0 Å². The van der Waals surface area contributed by atoms with E-state index in [-0.39, 0.29) is 35.6 Å². The molecule has 0 unspecified atom stereocenters. The fourth-order valence-corrected chi connectivity index (χ4v) is 2.85. The molecule has 0 bridgehead atoms. The summed E-state index contributed by atoms with van der Waals surface area (Å²) >= 11 is 5.96. The van der Waals surface area contributed by atoms with Gasteiger partial charge in [0.1, 0.15) is 11.5 Å². The van der Waals surface area contributed by atoms with Gasteiger partial charge in [-0.05, 0) is 24.0 Å². The first-order valence-corrected chi connectivity index (χ1v) is 9.05. The van der Waals surface area contributed by atoms with Crippen molar-refractivity contribution >= 4 is 29.0 Å². The summed E-state index contributed by atoms with van der Waals surface area (Å²) < 4.78 is 1.27. The minimum absolute atomic E-state index is 0.0393. The molecular formula is C18H24ClN5O3. The maximum Gasteiger partial charge on any atom is 0.330 e. The zero-order valence-corrected chi connectivity index (χ0v) is 16.6. The van der Waals surface area contributed by atoms with Crippen molar-refractivity contribution in [2.75, 3.05) is 17.2 Å². The molecule has 0 aliphatic rings. The molecule has 0 fully saturated rings. The third-order valence-corrected chi connectivity index (χ3v) is 4.00. The number of rotatable bonds is 6. The maximum absolute atomic E-state index is 13.1. The van der Waals surface area contributed by atoms with Crippen molar-refractivity contribution in [3.8, 4) is 0 Å². The monoisotopic (exact) mass is 393 g/mol. The Labute approximate surface area is 162 Å². The third-order valence-electron chi connectivity index (χ3n) is 3.77. The first-order valence-electron chi connectivity index (χ1n) is 8.67. The van der Waals surface area contributed by atoms with Gasteiger partial charge in [0.05, 0.1) is 0 Å². The average molecular weight is 394 g/mol. The Morgan fingerprint density at radius 2 is 1.96 bits per heavy atom. The quantitative estimate of drug-likeness (QED) is 0.780. The van der Waals surface area contributed by atoms with E-state index in [1.165, 1.54) is 21.7 Å². The Kier molecular flexibility index (Phi) is 6.43. The van der Waals surface area contributed by atoms with E-state index >= 15 is 0 Å². The Balaban J connectivity index is 2.65. The number of hydrogen-bond acceptors (Lipinski definition) is 5. The molecule has 0 atom stereocenters. The number of aromatic amines is 1. The van der Waals surface area contributed by atoms with Gasteiger partial charge in [-0.1, -0.05) is 39.3 Å². The number of carbonyl (C=O) groups is 1. The van der Waals surface area contributed by atoms with Gasteiger partial charge in [-0.15, -0.1) is 0 Å². The van der Waals surface area contributed by atoms with Crippen LogP contribution in [0.15, 0.2) is 27.9 Å². The molecule has 2 heterocycles. The van der Waals surface area contributed by atoms with Crippen LogP contribution >= 0.6 is 11.6 Å². The number of nitrogen functional groups attached to an aromatic ring is 1. The number of H-pyrrole nitrogens is 1. The normalized spacial score (nSPS) is 11.2. The van der Waals surface area contributed by atoms with E-state index in [9.17, 15) is 14.4 Å².